The lowest BCUT2D eigenvalue weighted by molar-refractivity contribution is 0.112. The van der Waals surface area contributed by atoms with E-state index in [2.05, 4.69) is 63.1 Å². The van der Waals surface area contributed by atoms with E-state index in [0.717, 1.165) is 76.5 Å². The average Bonchev–Trinajstić information content (AvgIpc) is 3.58. The van der Waals surface area contributed by atoms with Crippen molar-refractivity contribution in [2.75, 3.05) is 14.1 Å². The zero-order chi connectivity index (χ0) is 26.2. The molecule has 2 aliphatic carbocycles. The zero-order valence-electron chi connectivity index (χ0n) is 22.0. The van der Waals surface area contributed by atoms with Crippen molar-refractivity contribution in [2.24, 2.45) is 5.73 Å². The highest BCUT2D eigenvalue weighted by molar-refractivity contribution is 7.27. The summed E-state index contributed by atoms with van der Waals surface area (Å²) >= 11 is 0. The van der Waals surface area contributed by atoms with Gasteiger partial charge in [0, 0.05) is 17.3 Å². The highest BCUT2D eigenvalue weighted by Gasteiger charge is 2.40. The first-order valence-corrected chi connectivity index (χ1v) is 14.3. The molecule has 194 valence electrons. The van der Waals surface area contributed by atoms with Crippen LogP contribution >= 0.6 is 9.24 Å². The Morgan fingerprint density at radius 2 is 1.95 bits per heavy atom. The standard InChI is InChI=1S/C31H34N5OP/c1-35(2)26-15-25(28-20(17-37)5-3-6-22(28)18-7-8-18)36-24-13-19(9-10-23(24)34-30(26)36)21-14-27(38)29(33-16-21)31(32)11-4-12-31/h3,5-6,9-10,13-14,16-18,25-26H,4,7-8,11-12,15,32,38H2,1-2H3. The lowest BCUT2D eigenvalue weighted by Crippen LogP contribution is -2.46. The van der Waals surface area contributed by atoms with E-state index in [1.54, 1.807) is 0 Å². The Morgan fingerprint density at radius 1 is 1.13 bits per heavy atom. The maximum Gasteiger partial charge on any atom is 0.150 e. The van der Waals surface area contributed by atoms with Gasteiger partial charge in [0.2, 0.25) is 0 Å². The van der Waals surface area contributed by atoms with Crippen LogP contribution in [0.4, 0.5) is 0 Å². The first kappa shape index (κ1) is 24.1. The van der Waals surface area contributed by atoms with Crippen LogP contribution in [0.25, 0.3) is 22.2 Å². The molecule has 2 N–H and O–H groups in total. The van der Waals surface area contributed by atoms with Crippen LogP contribution in [0.3, 0.4) is 0 Å². The number of nitrogens with zero attached hydrogens (tertiary/aromatic N) is 4. The van der Waals surface area contributed by atoms with E-state index in [1.165, 1.54) is 24.0 Å². The molecule has 7 heteroatoms. The number of aromatic nitrogens is 3. The number of hydrogen-bond acceptors (Lipinski definition) is 5. The lowest BCUT2D eigenvalue weighted by Gasteiger charge is -2.38. The van der Waals surface area contributed by atoms with Crippen LogP contribution in [0, 0.1) is 0 Å². The van der Waals surface area contributed by atoms with Crippen molar-refractivity contribution in [3.63, 3.8) is 0 Å². The first-order chi connectivity index (χ1) is 18.4. The van der Waals surface area contributed by atoms with Gasteiger partial charge in [0.1, 0.15) is 12.1 Å². The van der Waals surface area contributed by atoms with E-state index in [-0.39, 0.29) is 17.6 Å². The number of carbonyl (C=O) groups is 1. The molecular weight excluding hydrogens is 489 g/mol. The predicted molar refractivity (Wildman–Crippen MR) is 155 cm³/mol. The van der Waals surface area contributed by atoms with Crippen LogP contribution in [0.15, 0.2) is 48.7 Å². The molecule has 3 heterocycles. The highest BCUT2D eigenvalue weighted by Crippen LogP contribution is 2.50. The van der Waals surface area contributed by atoms with Gasteiger partial charge in [0.15, 0.2) is 0 Å². The minimum Gasteiger partial charge on any atom is -0.320 e. The number of imidazole rings is 1. The molecule has 4 aromatic rings. The topological polar surface area (TPSA) is 77.0 Å². The fraction of sp³-hybridized carbons (Fsp3) is 0.387. The number of rotatable bonds is 6. The number of carbonyl (C=O) groups excluding carboxylic acids is 1. The minimum atomic E-state index is -0.286. The molecule has 3 atom stereocenters. The third-order valence-electron chi connectivity index (χ3n) is 9.02. The maximum absolute atomic E-state index is 12.3. The van der Waals surface area contributed by atoms with Crippen molar-refractivity contribution in [2.45, 2.75) is 62.1 Å². The van der Waals surface area contributed by atoms with E-state index in [9.17, 15) is 4.79 Å². The molecular formula is C31H34N5OP. The average molecular weight is 524 g/mol. The summed E-state index contributed by atoms with van der Waals surface area (Å²) in [4.78, 5) is 24.5. The Bertz CT molecular complexity index is 1580. The summed E-state index contributed by atoms with van der Waals surface area (Å²) < 4.78 is 2.41. The molecule has 3 unspecified atom stereocenters. The quantitative estimate of drug-likeness (QED) is 0.277. The Hall–Kier alpha value is -2.92. The number of pyridine rings is 1. The number of aldehydes is 1. The van der Waals surface area contributed by atoms with Gasteiger partial charge in [-0.25, -0.2) is 4.98 Å². The molecule has 6 nitrogen and oxygen atoms in total. The van der Waals surface area contributed by atoms with Gasteiger partial charge in [-0.05, 0) is 98.7 Å². The van der Waals surface area contributed by atoms with Crippen molar-refractivity contribution < 1.29 is 4.79 Å². The Kier molecular flexibility index (Phi) is 5.59. The molecule has 0 radical (unpaired) electrons. The van der Waals surface area contributed by atoms with Crippen LogP contribution in [-0.4, -0.2) is 39.8 Å². The van der Waals surface area contributed by atoms with Crippen molar-refractivity contribution in [3.05, 3.63) is 76.9 Å². The second-order valence-corrected chi connectivity index (χ2v) is 12.3. The first-order valence-electron chi connectivity index (χ1n) is 13.7. The van der Waals surface area contributed by atoms with Gasteiger partial charge in [-0.1, -0.05) is 24.3 Å². The van der Waals surface area contributed by atoms with E-state index < -0.39 is 0 Å². The van der Waals surface area contributed by atoms with Crippen LogP contribution in [-0.2, 0) is 5.54 Å². The summed E-state index contributed by atoms with van der Waals surface area (Å²) in [6, 6.07) is 15.2. The highest BCUT2D eigenvalue weighted by atomic mass is 31.0. The fourth-order valence-electron chi connectivity index (χ4n) is 6.65. The predicted octanol–water partition coefficient (Wildman–Crippen LogP) is 5.22. The second kappa shape index (κ2) is 8.81. The van der Waals surface area contributed by atoms with Crippen molar-refractivity contribution >= 4 is 31.9 Å². The van der Waals surface area contributed by atoms with Gasteiger partial charge >= 0.3 is 0 Å². The van der Waals surface area contributed by atoms with Gasteiger partial charge in [-0.15, -0.1) is 9.24 Å². The minimum absolute atomic E-state index is 0.0724. The molecule has 2 aromatic heterocycles. The van der Waals surface area contributed by atoms with E-state index in [1.807, 2.05) is 18.3 Å². The molecule has 0 spiro atoms. The van der Waals surface area contributed by atoms with Crippen LogP contribution in [0.2, 0.25) is 0 Å². The fourth-order valence-corrected chi connectivity index (χ4v) is 7.20. The maximum atomic E-state index is 12.3. The summed E-state index contributed by atoms with van der Waals surface area (Å²) in [5, 5.41) is 1.07. The lowest BCUT2D eigenvalue weighted by atomic mass is 9.75. The molecule has 0 saturated heterocycles. The number of benzene rings is 2. The van der Waals surface area contributed by atoms with Crippen LogP contribution in [0.1, 0.15) is 89.5 Å². The zero-order valence-corrected chi connectivity index (χ0v) is 23.2. The molecule has 0 amide bonds. The Labute approximate surface area is 225 Å². The molecule has 7 rings (SSSR count). The molecule has 0 bridgehead atoms. The van der Waals surface area contributed by atoms with Gasteiger partial charge < -0.3 is 10.3 Å². The molecule has 38 heavy (non-hydrogen) atoms. The van der Waals surface area contributed by atoms with Gasteiger partial charge in [-0.3, -0.25) is 14.7 Å². The molecule has 3 aliphatic rings. The summed E-state index contributed by atoms with van der Waals surface area (Å²) in [5.41, 5.74) is 14.9. The van der Waals surface area contributed by atoms with Crippen LogP contribution in [0.5, 0.6) is 0 Å². The van der Waals surface area contributed by atoms with Gasteiger partial charge in [0.25, 0.3) is 0 Å². The van der Waals surface area contributed by atoms with Crippen molar-refractivity contribution in [1.82, 2.24) is 19.4 Å². The summed E-state index contributed by atoms with van der Waals surface area (Å²) in [7, 11) is 7.09. The van der Waals surface area contributed by atoms with Gasteiger partial charge in [-0.2, -0.15) is 0 Å². The Balaban J connectivity index is 1.38. The summed E-state index contributed by atoms with van der Waals surface area (Å²) in [6.45, 7) is 0. The van der Waals surface area contributed by atoms with E-state index >= 15 is 0 Å². The SMILES string of the molecule is CN(C)C1CC(c2c(C=O)cccc2C2CC2)n2c1nc1ccc(-c3cnc(C4(N)CCC4)c(P)c3)cc12. The molecule has 2 saturated carbocycles. The monoisotopic (exact) mass is 523 g/mol. The molecule has 1 aliphatic heterocycles. The van der Waals surface area contributed by atoms with Crippen molar-refractivity contribution in [1.29, 1.82) is 0 Å². The smallest absolute Gasteiger partial charge is 0.150 e. The third kappa shape index (κ3) is 3.69. The number of hydrogen-bond donors (Lipinski definition) is 1. The van der Waals surface area contributed by atoms with Gasteiger partial charge in [0.05, 0.1) is 34.3 Å². The summed E-state index contributed by atoms with van der Waals surface area (Å²) in [5.74, 6) is 1.63. The largest absolute Gasteiger partial charge is 0.320 e. The second-order valence-electron chi connectivity index (χ2n) is 11.7. The molecule has 2 fully saturated rings. The van der Waals surface area contributed by atoms with Crippen molar-refractivity contribution in [3.8, 4) is 11.1 Å². The Morgan fingerprint density at radius 3 is 2.61 bits per heavy atom. The normalized spacial score (nSPS) is 22.0. The molecule has 2 aromatic carbocycles. The van der Waals surface area contributed by atoms with E-state index in [4.69, 9.17) is 15.7 Å². The number of fused-ring (bicyclic) bond motifs is 3. The number of nitrogens with two attached hydrogens (primary N) is 1. The summed E-state index contributed by atoms with van der Waals surface area (Å²) in [6.07, 6.45) is 9.46. The van der Waals surface area contributed by atoms with E-state index in [0.29, 0.717) is 5.92 Å². The van der Waals surface area contributed by atoms with Crippen LogP contribution < -0.4 is 11.0 Å². The third-order valence-corrected chi connectivity index (χ3v) is 9.46.